The van der Waals surface area contributed by atoms with Gasteiger partial charge in [-0.25, -0.2) is 0 Å². The second-order valence-corrected chi connectivity index (χ2v) is 9.87. The van der Waals surface area contributed by atoms with Gasteiger partial charge in [-0.3, -0.25) is 9.69 Å². The Hall–Kier alpha value is -2.36. The van der Waals surface area contributed by atoms with E-state index in [-0.39, 0.29) is 21.8 Å². The van der Waals surface area contributed by atoms with E-state index in [1.54, 1.807) is 23.6 Å². The Bertz CT molecular complexity index is 1040. The van der Waals surface area contributed by atoms with Crippen molar-refractivity contribution in [2.75, 3.05) is 25.5 Å². The highest BCUT2D eigenvalue weighted by Crippen LogP contribution is 2.34. The molecule has 1 aromatic heterocycles. The number of hydrogen-bond acceptors (Lipinski definition) is 6. The fraction of sp³-hybridized carbons (Fsp3) is 0.158. The predicted octanol–water partition coefficient (Wildman–Crippen LogP) is 3.66. The minimum absolute atomic E-state index is 0.134. The second-order valence-electron chi connectivity index (χ2n) is 6.08. The van der Waals surface area contributed by atoms with Crippen LogP contribution in [-0.4, -0.2) is 45.0 Å². The maximum atomic E-state index is 12.8. The minimum atomic E-state index is -3.86. The zero-order valence-corrected chi connectivity index (χ0v) is 17.9. The Labute approximate surface area is 172 Å². The highest BCUT2D eigenvalue weighted by Gasteiger charge is 2.34. The summed E-state index contributed by atoms with van der Waals surface area (Å²) in [5.74, 6) is -0.290. The van der Waals surface area contributed by atoms with Crippen LogP contribution >= 0.6 is 23.1 Å². The predicted molar refractivity (Wildman–Crippen MR) is 117 cm³/mol. The summed E-state index contributed by atoms with van der Waals surface area (Å²) in [6, 6.07) is 10.9. The number of carbonyl (C=O) groups is 1. The van der Waals surface area contributed by atoms with Crippen LogP contribution in [0.5, 0.6) is 0 Å². The number of thioether (sulfide) groups is 1. The van der Waals surface area contributed by atoms with Crippen LogP contribution in [0.2, 0.25) is 0 Å². The van der Waals surface area contributed by atoms with E-state index >= 15 is 0 Å². The zero-order chi connectivity index (χ0) is 20.3. The van der Waals surface area contributed by atoms with Crippen LogP contribution in [0, 0.1) is 0 Å². The van der Waals surface area contributed by atoms with Crippen molar-refractivity contribution in [1.82, 2.24) is 4.90 Å². The molecule has 9 heteroatoms. The summed E-state index contributed by atoms with van der Waals surface area (Å²) >= 11 is 2.14. The summed E-state index contributed by atoms with van der Waals surface area (Å²) in [4.78, 5) is 16.5. The van der Waals surface area contributed by atoms with Gasteiger partial charge in [-0.05, 0) is 47.0 Å². The summed E-state index contributed by atoms with van der Waals surface area (Å²) in [6.45, 7) is 3.83. The van der Waals surface area contributed by atoms with Gasteiger partial charge >= 0.3 is 0 Å². The van der Waals surface area contributed by atoms with E-state index in [4.69, 9.17) is 0 Å². The lowest BCUT2D eigenvalue weighted by Gasteiger charge is -2.12. The fourth-order valence-corrected chi connectivity index (χ4v) is 5.60. The highest BCUT2D eigenvalue weighted by molar-refractivity contribution is 8.19. The van der Waals surface area contributed by atoms with E-state index in [9.17, 15) is 13.2 Å². The Morgan fingerprint density at radius 3 is 2.50 bits per heavy atom. The molecule has 0 saturated carbocycles. The summed E-state index contributed by atoms with van der Waals surface area (Å²) in [5.41, 5.74) is 1.90. The lowest BCUT2D eigenvalue weighted by molar-refractivity contribution is -0.121. The van der Waals surface area contributed by atoms with Crippen LogP contribution in [0.1, 0.15) is 5.56 Å². The molecule has 28 heavy (non-hydrogen) atoms. The lowest BCUT2D eigenvalue weighted by Crippen LogP contribution is -2.29. The first-order chi connectivity index (χ1) is 13.3. The Morgan fingerprint density at radius 1 is 1.21 bits per heavy atom. The molecule has 2 heterocycles. The van der Waals surface area contributed by atoms with Crippen LogP contribution in [0.25, 0.3) is 6.08 Å². The standard InChI is InChI=1S/C19H19N3O3S3/c1-4-11-22-18(23)16(13-14-7-9-15(10-8-14)21(2)3)27-19(22)20-28(24,25)17-6-5-12-26-17/h4-10,12-13H,1,11H2,2-3H3. The first kappa shape index (κ1) is 20.4. The van der Waals surface area contributed by atoms with Gasteiger partial charge in [0.2, 0.25) is 0 Å². The van der Waals surface area contributed by atoms with Gasteiger partial charge in [0.15, 0.2) is 5.17 Å². The molecule has 6 nitrogen and oxygen atoms in total. The summed E-state index contributed by atoms with van der Waals surface area (Å²) < 4.78 is 29.0. The lowest BCUT2D eigenvalue weighted by atomic mass is 10.2. The van der Waals surface area contributed by atoms with Gasteiger partial charge in [0.1, 0.15) is 4.21 Å². The molecular weight excluding hydrogens is 414 g/mol. The number of sulfonamides is 1. The fourth-order valence-electron chi connectivity index (χ4n) is 2.44. The maximum Gasteiger partial charge on any atom is 0.294 e. The Morgan fingerprint density at radius 2 is 1.93 bits per heavy atom. The quantitative estimate of drug-likeness (QED) is 0.514. The van der Waals surface area contributed by atoms with Gasteiger partial charge in [0.25, 0.3) is 15.9 Å². The molecular formula is C19H19N3O3S3. The number of thiophene rings is 1. The van der Waals surface area contributed by atoms with Crippen molar-refractivity contribution in [3.63, 3.8) is 0 Å². The van der Waals surface area contributed by atoms with Gasteiger partial charge < -0.3 is 4.90 Å². The SMILES string of the molecule is C=CCN1C(=O)C(=Cc2ccc(N(C)C)cc2)SC1=NS(=O)(=O)c1cccs1. The molecule has 1 amide bonds. The van der Waals surface area contributed by atoms with Gasteiger partial charge in [0.05, 0.1) is 4.91 Å². The molecule has 0 aliphatic carbocycles. The molecule has 0 bridgehead atoms. The molecule has 1 aliphatic heterocycles. The monoisotopic (exact) mass is 433 g/mol. The topological polar surface area (TPSA) is 70.1 Å². The molecule has 1 saturated heterocycles. The molecule has 1 fully saturated rings. The smallest absolute Gasteiger partial charge is 0.294 e. The number of amides is 1. The minimum Gasteiger partial charge on any atom is -0.378 e. The van der Waals surface area contributed by atoms with Crippen molar-refractivity contribution in [3.05, 3.63) is 64.9 Å². The van der Waals surface area contributed by atoms with Crippen LogP contribution in [0.4, 0.5) is 5.69 Å². The van der Waals surface area contributed by atoms with Crippen molar-refractivity contribution in [1.29, 1.82) is 0 Å². The average Bonchev–Trinajstić information content (AvgIpc) is 3.28. The van der Waals surface area contributed by atoms with Crippen LogP contribution in [0.3, 0.4) is 0 Å². The van der Waals surface area contributed by atoms with E-state index in [2.05, 4.69) is 11.0 Å². The van der Waals surface area contributed by atoms with Crippen LogP contribution < -0.4 is 4.90 Å². The van der Waals surface area contributed by atoms with Gasteiger partial charge in [-0.15, -0.1) is 22.3 Å². The third-order valence-corrected chi connectivity index (χ3v) is 7.62. The highest BCUT2D eigenvalue weighted by atomic mass is 32.2. The molecule has 146 valence electrons. The molecule has 2 aromatic rings. The molecule has 0 atom stereocenters. The largest absolute Gasteiger partial charge is 0.378 e. The van der Waals surface area contributed by atoms with Crippen molar-refractivity contribution in [3.8, 4) is 0 Å². The van der Waals surface area contributed by atoms with E-state index in [1.165, 1.54) is 11.0 Å². The normalized spacial score (nSPS) is 17.5. The maximum absolute atomic E-state index is 12.8. The first-order valence-electron chi connectivity index (χ1n) is 8.30. The molecule has 0 spiro atoms. The van der Waals surface area contributed by atoms with E-state index in [0.717, 1.165) is 34.3 Å². The molecule has 0 radical (unpaired) electrons. The summed E-state index contributed by atoms with van der Waals surface area (Å²) in [5, 5.41) is 1.80. The molecule has 0 unspecified atom stereocenters. The number of hydrogen-bond donors (Lipinski definition) is 0. The molecule has 1 aromatic carbocycles. The Kier molecular flexibility index (Phi) is 6.07. The number of carbonyl (C=O) groups excluding carboxylic acids is 1. The summed E-state index contributed by atoms with van der Waals surface area (Å²) in [7, 11) is 0.0425. The van der Waals surface area contributed by atoms with Gasteiger partial charge in [-0.2, -0.15) is 8.42 Å². The van der Waals surface area contributed by atoms with Crippen molar-refractivity contribution in [2.45, 2.75) is 4.21 Å². The van der Waals surface area contributed by atoms with Crippen LogP contribution in [-0.2, 0) is 14.8 Å². The van der Waals surface area contributed by atoms with Crippen molar-refractivity contribution in [2.24, 2.45) is 4.40 Å². The molecule has 0 N–H and O–H groups in total. The van der Waals surface area contributed by atoms with Gasteiger partial charge in [0, 0.05) is 26.3 Å². The number of nitrogens with zero attached hydrogens (tertiary/aromatic N) is 3. The third-order valence-electron chi connectivity index (χ3n) is 3.85. The van der Waals surface area contributed by atoms with E-state index in [1.807, 2.05) is 43.3 Å². The second kappa shape index (κ2) is 8.34. The zero-order valence-electron chi connectivity index (χ0n) is 15.4. The average molecular weight is 434 g/mol. The number of amidine groups is 1. The molecule has 3 rings (SSSR count). The number of benzene rings is 1. The third kappa shape index (κ3) is 4.37. The van der Waals surface area contributed by atoms with Crippen LogP contribution in [0.15, 0.2) is 67.9 Å². The number of anilines is 1. The van der Waals surface area contributed by atoms with Crippen molar-refractivity contribution < 1.29 is 13.2 Å². The van der Waals surface area contributed by atoms with E-state index in [0.29, 0.717) is 4.91 Å². The van der Waals surface area contributed by atoms with Gasteiger partial charge in [-0.1, -0.05) is 24.3 Å². The molecule has 1 aliphatic rings. The van der Waals surface area contributed by atoms with Crippen molar-refractivity contribution >= 4 is 56.0 Å². The number of rotatable bonds is 6. The summed E-state index contributed by atoms with van der Waals surface area (Å²) in [6.07, 6.45) is 3.28. The van der Waals surface area contributed by atoms with E-state index < -0.39 is 10.0 Å². The Balaban J connectivity index is 1.94. The first-order valence-corrected chi connectivity index (χ1v) is 11.4.